The van der Waals surface area contributed by atoms with Crippen LogP contribution in [0.1, 0.15) is 16.7 Å². The Morgan fingerprint density at radius 1 is 1.04 bits per heavy atom. The van der Waals surface area contributed by atoms with Gasteiger partial charge >= 0.3 is 0 Å². The van der Waals surface area contributed by atoms with Gasteiger partial charge in [0.1, 0.15) is 5.75 Å². The fourth-order valence-electron chi connectivity index (χ4n) is 2.36. The minimum atomic E-state index is -3.74. The number of carbonyl (C=O) groups is 1. The first kappa shape index (κ1) is 20.7. The molecular formula is C19H24N2O5S. The van der Waals surface area contributed by atoms with Crippen LogP contribution in [0.5, 0.6) is 5.75 Å². The molecule has 0 fully saturated rings. The second kappa shape index (κ2) is 8.88. The van der Waals surface area contributed by atoms with Crippen molar-refractivity contribution in [2.24, 2.45) is 0 Å². The molecule has 0 aliphatic carbocycles. The minimum absolute atomic E-state index is 0.107. The summed E-state index contributed by atoms with van der Waals surface area (Å²) < 4.78 is 33.2. The van der Waals surface area contributed by atoms with Crippen molar-refractivity contribution in [3.8, 4) is 5.75 Å². The third kappa shape index (κ3) is 5.70. The molecule has 0 atom stereocenters. The average molecular weight is 392 g/mol. The molecule has 8 heteroatoms. The molecule has 0 radical (unpaired) electrons. The molecule has 2 aromatic rings. The van der Waals surface area contributed by atoms with Crippen LogP contribution in [0.2, 0.25) is 0 Å². The Morgan fingerprint density at radius 2 is 1.78 bits per heavy atom. The number of nitrogens with one attached hydrogen (secondary N) is 2. The zero-order valence-corrected chi connectivity index (χ0v) is 16.4. The van der Waals surface area contributed by atoms with E-state index in [1.54, 1.807) is 19.1 Å². The fourth-order valence-corrected chi connectivity index (χ4v) is 3.49. The predicted octanol–water partition coefficient (Wildman–Crippen LogP) is 1.90. The van der Waals surface area contributed by atoms with Crippen molar-refractivity contribution in [2.45, 2.75) is 25.7 Å². The Morgan fingerprint density at radius 3 is 2.41 bits per heavy atom. The average Bonchev–Trinajstić information content (AvgIpc) is 2.61. The summed E-state index contributed by atoms with van der Waals surface area (Å²) in [4.78, 5) is 11.6. The maximum absolute atomic E-state index is 12.6. The van der Waals surface area contributed by atoms with Crippen molar-refractivity contribution in [1.82, 2.24) is 5.32 Å². The van der Waals surface area contributed by atoms with E-state index in [0.29, 0.717) is 17.0 Å². The van der Waals surface area contributed by atoms with Gasteiger partial charge in [-0.3, -0.25) is 9.52 Å². The lowest BCUT2D eigenvalue weighted by atomic mass is 10.1. The summed E-state index contributed by atoms with van der Waals surface area (Å²) in [7, 11) is -3.74. The van der Waals surface area contributed by atoms with E-state index in [0.717, 1.165) is 11.1 Å². The summed E-state index contributed by atoms with van der Waals surface area (Å²) in [6.07, 6.45) is 0. The Labute approximate surface area is 159 Å². The van der Waals surface area contributed by atoms with Crippen molar-refractivity contribution in [2.75, 3.05) is 24.5 Å². The summed E-state index contributed by atoms with van der Waals surface area (Å²) in [5, 5.41) is 11.1. The maximum atomic E-state index is 12.6. The zero-order chi connectivity index (χ0) is 20.0. The van der Waals surface area contributed by atoms with Crippen LogP contribution in [0.3, 0.4) is 0 Å². The number of anilines is 1. The van der Waals surface area contributed by atoms with Gasteiger partial charge in [-0.2, -0.15) is 0 Å². The number of hydrogen-bond donors (Lipinski definition) is 3. The van der Waals surface area contributed by atoms with Crippen LogP contribution in [0.4, 0.5) is 5.69 Å². The first-order valence-corrected chi connectivity index (χ1v) is 9.92. The lowest BCUT2D eigenvalue weighted by molar-refractivity contribution is -0.123. The molecule has 0 aromatic heterocycles. The number of aryl methyl sites for hydroxylation is 3. The summed E-state index contributed by atoms with van der Waals surface area (Å²) in [5.41, 5.74) is 3.16. The fraction of sp³-hybridized carbons (Fsp3) is 0.316. The van der Waals surface area contributed by atoms with Crippen molar-refractivity contribution < 1.29 is 23.1 Å². The topological polar surface area (TPSA) is 105 Å². The number of aliphatic hydroxyl groups is 1. The summed E-state index contributed by atoms with van der Waals surface area (Å²) in [6.45, 7) is 5.37. The van der Waals surface area contributed by atoms with Crippen LogP contribution in [0, 0.1) is 20.8 Å². The first-order valence-electron chi connectivity index (χ1n) is 8.44. The monoisotopic (exact) mass is 392 g/mol. The van der Waals surface area contributed by atoms with E-state index in [1.807, 2.05) is 19.9 Å². The van der Waals surface area contributed by atoms with Crippen LogP contribution in [-0.4, -0.2) is 39.2 Å². The molecule has 0 saturated heterocycles. The molecule has 1 amide bonds. The SMILES string of the molecule is Cc1ccc(NS(=O)(=O)c2ccc(OCC(=O)NCCO)c(C)c2)cc1C. The minimum Gasteiger partial charge on any atom is -0.484 e. The molecule has 0 aliphatic heterocycles. The van der Waals surface area contributed by atoms with Gasteiger partial charge in [-0.15, -0.1) is 0 Å². The van der Waals surface area contributed by atoms with Gasteiger partial charge in [0.05, 0.1) is 11.5 Å². The molecule has 27 heavy (non-hydrogen) atoms. The van der Waals surface area contributed by atoms with E-state index < -0.39 is 10.0 Å². The van der Waals surface area contributed by atoms with Crippen LogP contribution < -0.4 is 14.8 Å². The van der Waals surface area contributed by atoms with Gasteiger partial charge in [0, 0.05) is 12.2 Å². The molecule has 2 aromatic carbocycles. The van der Waals surface area contributed by atoms with Crippen LogP contribution >= 0.6 is 0 Å². The lowest BCUT2D eigenvalue weighted by Crippen LogP contribution is -2.31. The quantitative estimate of drug-likeness (QED) is 0.636. The number of amides is 1. The van der Waals surface area contributed by atoms with Gasteiger partial charge in [0.15, 0.2) is 6.61 Å². The Kier molecular flexibility index (Phi) is 6.81. The first-order chi connectivity index (χ1) is 12.7. The largest absolute Gasteiger partial charge is 0.484 e. The van der Waals surface area contributed by atoms with Crippen LogP contribution in [0.15, 0.2) is 41.3 Å². The van der Waals surface area contributed by atoms with Gasteiger partial charge in [-0.1, -0.05) is 6.07 Å². The molecule has 0 unspecified atom stereocenters. The number of benzene rings is 2. The number of sulfonamides is 1. The number of rotatable bonds is 8. The van der Waals surface area contributed by atoms with Gasteiger partial charge in [-0.05, 0) is 67.8 Å². The molecule has 0 aliphatic rings. The highest BCUT2D eigenvalue weighted by Crippen LogP contribution is 2.24. The third-order valence-electron chi connectivity index (χ3n) is 4.01. The smallest absolute Gasteiger partial charge is 0.261 e. The summed E-state index contributed by atoms with van der Waals surface area (Å²) in [6, 6.07) is 9.79. The van der Waals surface area contributed by atoms with Crippen molar-refractivity contribution in [3.05, 3.63) is 53.1 Å². The highest BCUT2D eigenvalue weighted by atomic mass is 32.2. The third-order valence-corrected chi connectivity index (χ3v) is 5.39. The summed E-state index contributed by atoms with van der Waals surface area (Å²) >= 11 is 0. The van der Waals surface area contributed by atoms with E-state index in [2.05, 4.69) is 10.0 Å². The molecule has 0 spiro atoms. The van der Waals surface area contributed by atoms with Gasteiger partial charge in [0.2, 0.25) is 0 Å². The summed E-state index contributed by atoms with van der Waals surface area (Å²) in [5.74, 6) is 0.0517. The highest BCUT2D eigenvalue weighted by molar-refractivity contribution is 7.92. The zero-order valence-electron chi connectivity index (χ0n) is 15.6. The van der Waals surface area contributed by atoms with Gasteiger partial charge < -0.3 is 15.2 Å². The number of carbonyl (C=O) groups excluding carboxylic acids is 1. The maximum Gasteiger partial charge on any atom is 0.261 e. The Hall–Kier alpha value is -2.58. The van der Waals surface area contributed by atoms with E-state index in [1.165, 1.54) is 18.2 Å². The molecule has 7 nitrogen and oxygen atoms in total. The van der Waals surface area contributed by atoms with Gasteiger partial charge in [0.25, 0.3) is 15.9 Å². The molecule has 0 heterocycles. The Balaban J connectivity index is 2.10. The van der Waals surface area contributed by atoms with E-state index >= 15 is 0 Å². The molecule has 146 valence electrons. The van der Waals surface area contributed by atoms with E-state index in [-0.39, 0.29) is 30.6 Å². The standard InChI is InChI=1S/C19H24N2O5S/c1-13-4-5-16(10-14(13)2)21-27(24,25)17-6-7-18(15(3)11-17)26-12-19(23)20-8-9-22/h4-7,10-11,21-22H,8-9,12H2,1-3H3,(H,20,23). The molecule has 3 N–H and O–H groups in total. The Bertz CT molecular complexity index is 926. The lowest BCUT2D eigenvalue weighted by Gasteiger charge is -2.13. The second-order valence-corrected chi connectivity index (χ2v) is 7.88. The molecule has 2 rings (SSSR count). The van der Waals surface area contributed by atoms with Crippen LogP contribution in [-0.2, 0) is 14.8 Å². The predicted molar refractivity (Wildman–Crippen MR) is 103 cm³/mol. The van der Waals surface area contributed by atoms with Crippen molar-refractivity contribution in [3.63, 3.8) is 0 Å². The van der Waals surface area contributed by atoms with E-state index in [4.69, 9.17) is 9.84 Å². The van der Waals surface area contributed by atoms with Gasteiger partial charge in [-0.25, -0.2) is 8.42 Å². The highest BCUT2D eigenvalue weighted by Gasteiger charge is 2.16. The number of hydrogen-bond acceptors (Lipinski definition) is 5. The second-order valence-electron chi connectivity index (χ2n) is 6.19. The van der Waals surface area contributed by atoms with Crippen molar-refractivity contribution >= 4 is 21.6 Å². The molecular weight excluding hydrogens is 368 g/mol. The van der Waals surface area contributed by atoms with Crippen LogP contribution in [0.25, 0.3) is 0 Å². The normalized spacial score (nSPS) is 11.1. The number of aliphatic hydroxyl groups excluding tert-OH is 1. The number of ether oxygens (including phenoxy) is 1. The molecule has 0 saturated carbocycles. The molecule has 0 bridgehead atoms. The van der Waals surface area contributed by atoms with E-state index in [9.17, 15) is 13.2 Å². The van der Waals surface area contributed by atoms with Crippen molar-refractivity contribution in [1.29, 1.82) is 0 Å².